The van der Waals surface area contributed by atoms with Crippen LogP contribution in [-0.4, -0.2) is 30.9 Å². The van der Waals surface area contributed by atoms with Gasteiger partial charge in [0, 0.05) is 14.1 Å². The van der Waals surface area contributed by atoms with E-state index in [0.29, 0.717) is 5.96 Å². The lowest BCUT2D eigenvalue weighted by atomic mass is 10.8. The van der Waals surface area contributed by atoms with Crippen molar-refractivity contribution in [3.05, 3.63) is 0 Å². The fourth-order valence-electron chi connectivity index (χ4n) is 0.240. The molecule has 0 amide bonds. The molecule has 0 saturated heterocycles. The van der Waals surface area contributed by atoms with Gasteiger partial charge in [-0.1, -0.05) is 0 Å². The summed E-state index contributed by atoms with van der Waals surface area (Å²) in [5.41, 5.74) is 10.6. The van der Waals surface area contributed by atoms with Crippen LogP contribution in [0.2, 0.25) is 0 Å². The smallest absolute Gasteiger partial charge is 0.229 e. The number of nitrogens with zero attached hydrogens (tertiary/aromatic N) is 3. The first-order valence-corrected chi connectivity index (χ1v) is 2.97. The first kappa shape index (κ1) is 9.09. The molecule has 0 atom stereocenters. The first-order chi connectivity index (χ1) is 4.57. The standard InChI is InChI=1S/C4H11N5S/c1-9(2)4(6)7-3(5)8-10/h10H,1-2H3,(H4,5,6,7,8). The Labute approximate surface area is 65.4 Å². The van der Waals surface area contributed by atoms with Gasteiger partial charge in [-0.3, -0.25) is 0 Å². The Morgan fingerprint density at radius 1 is 1.40 bits per heavy atom. The van der Waals surface area contributed by atoms with Crippen molar-refractivity contribution in [2.75, 3.05) is 14.1 Å². The summed E-state index contributed by atoms with van der Waals surface area (Å²) >= 11 is 3.54. The van der Waals surface area contributed by atoms with Crippen molar-refractivity contribution in [2.24, 2.45) is 20.9 Å². The highest BCUT2D eigenvalue weighted by atomic mass is 32.1. The zero-order valence-corrected chi connectivity index (χ0v) is 6.84. The van der Waals surface area contributed by atoms with Crippen molar-refractivity contribution in [3.63, 3.8) is 0 Å². The van der Waals surface area contributed by atoms with Crippen molar-refractivity contribution in [1.82, 2.24) is 4.90 Å². The summed E-state index contributed by atoms with van der Waals surface area (Å²) in [6, 6.07) is 0. The molecule has 10 heavy (non-hydrogen) atoms. The molecule has 5 nitrogen and oxygen atoms in total. The normalized spacial score (nSPS) is 13.5. The minimum Gasteiger partial charge on any atom is -0.369 e. The molecule has 0 rings (SSSR count). The number of hydrogen-bond acceptors (Lipinski definition) is 2. The van der Waals surface area contributed by atoms with Gasteiger partial charge in [-0.15, -0.1) is 0 Å². The van der Waals surface area contributed by atoms with Gasteiger partial charge in [0.25, 0.3) is 0 Å². The van der Waals surface area contributed by atoms with Crippen LogP contribution in [0.3, 0.4) is 0 Å². The van der Waals surface area contributed by atoms with Gasteiger partial charge in [0.15, 0.2) is 5.96 Å². The molecule has 0 heterocycles. The van der Waals surface area contributed by atoms with Gasteiger partial charge in [0.2, 0.25) is 5.96 Å². The summed E-state index contributed by atoms with van der Waals surface area (Å²) in [7, 11) is 3.51. The topological polar surface area (TPSA) is 80.0 Å². The van der Waals surface area contributed by atoms with Crippen LogP contribution in [0.25, 0.3) is 0 Å². The van der Waals surface area contributed by atoms with E-state index in [-0.39, 0.29) is 5.96 Å². The van der Waals surface area contributed by atoms with E-state index in [0.717, 1.165) is 0 Å². The van der Waals surface area contributed by atoms with E-state index in [1.54, 1.807) is 19.0 Å². The molecule has 0 aliphatic carbocycles. The largest absolute Gasteiger partial charge is 0.369 e. The van der Waals surface area contributed by atoms with E-state index in [1.165, 1.54) is 0 Å². The van der Waals surface area contributed by atoms with Gasteiger partial charge in [0.1, 0.15) is 0 Å². The molecule has 0 bridgehead atoms. The van der Waals surface area contributed by atoms with Crippen LogP contribution in [0.1, 0.15) is 0 Å². The monoisotopic (exact) mass is 161 g/mol. The van der Waals surface area contributed by atoms with Crippen LogP contribution in [0.15, 0.2) is 9.39 Å². The predicted octanol–water partition coefficient (Wildman–Crippen LogP) is -0.978. The third kappa shape index (κ3) is 3.18. The third-order valence-corrected chi connectivity index (χ3v) is 0.995. The molecule has 0 aromatic rings. The summed E-state index contributed by atoms with van der Waals surface area (Å²) in [5, 5.41) is 0. The van der Waals surface area contributed by atoms with Crippen molar-refractivity contribution in [3.8, 4) is 0 Å². The lowest BCUT2D eigenvalue weighted by molar-refractivity contribution is 0.615. The number of nitrogens with two attached hydrogens (primary N) is 2. The molecule has 0 aliphatic rings. The second-order valence-corrected chi connectivity index (χ2v) is 2.02. The molecule has 0 aromatic carbocycles. The summed E-state index contributed by atoms with van der Waals surface area (Å²) in [5.74, 6) is 0.352. The first-order valence-electron chi connectivity index (χ1n) is 2.57. The van der Waals surface area contributed by atoms with Crippen molar-refractivity contribution in [2.45, 2.75) is 0 Å². The minimum absolute atomic E-state index is 0.0505. The van der Waals surface area contributed by atoms with Crippen LogP contribution in [0.4, 0.5) is 0 Å². The predicted molar refractivity (Wildman–Crippen MR) is 45.9 cm³/mol. The van der Waals surface area contributed by atoms with Gasteiger partial charge in [0.05, 0.1) is 0 Å². The van der Waals surface area contributed by atoms with E-state index in [9.17, 15) is 0 Å². The fraction of sp³-hybridized carbons (Fsp3) is 0.500. The number of guanidine groups is 2. The van der Waals surface area contributed by atoms with Gasteiger partial charge < -0.3 is 16.4 Å². The molecular weight excluding hydrogens is 150 g/mol. The van der Waals surface area contributed by atoms with E-state index in [1.807, 2.05) is 0 Å². The molecule has 0 radical (unpaired) electrons. The van der Waals surface area contributed by atoms with Crippen LogP contribution < -0.4 is 11.5 Å². The SMILES string of the molecule is CN(C)/C(N)=N\C(N)=N/S. The lowest BCUT2D eigenvalue weighted by Crippen LogP contribution is -2.32. The Kier molecular flexibility index (Phi) is 3.63. The Morgan fingerprint density at radius 3 is 2.20 bits per heavy atom. The minimum atomic E-state index is 0.0505. The number of rotatable bonds is 0. The maximum atomic E-state index is 5.37. The average molecular weight is 161 g/mol. The Balaban J connectivity index is 4.17. The fourth-order valence-corrected chi connectivity index (χ4v) is 0.284. The average Bonchev–Trinajstić information content (AvgIpc) is 1.87. The summed E-state index contributed by atoms with van der Waals surface area (Å²) in [6.07, 6.45) is 0. The molecule has 0 fully saturated rings. The van der Waals surface area contributed by atoms with Crippen molar-refractivity contribution < 1.29 is 0 Å². The van der Waals surface area contributed by atoms with Crippen molar-refractivity contribution in [1.29, 1.82) is 0 Å². The van der Waals surface area contributed by atoms with Crippen LogP contribution in [0, 0.1) is 0 Å². The van der Waals surface area contributed by atoms with Gasteiger partial charge in [-0.2, -0.15) is 9.39 Å². The molecule has 0 saturated carbocycles. The highest BCUT2D eigenvalue weighted by Crippen LogP contribution is 1.79. The Hall–Kier alpha value is -0.910. The van der Waals surface area contributed by atoms with Gasteiger partial charge in [-0.05, 0) is 12.8 Å². The molecule has 0 unspecified atom stereocenters. The Morgan fingerprint density at radius 2 is 1.90 bits per heavy atom. The summed E-state index contributed by atoms with van der Waals surface area (Å²) < 4.78 is 3.31. The molecule has 0 spiro atoms. The molecule has 0 aromatic heterocycles. The number of thiol groups is 1. The van der Waals surface area contributed by atoms with E-state index >= 15 is 0 Å². The zero-order valence-electron chi connectivity index (χ0n) is 5.94. The highest BCUT2D eigenvalue weighted by Gasteiger charge is 1.93. The molecule has 58 valence electrons. The van der Waals surface area contributed by atoms with Crippen LogP contribution in [-0.2, 0) is 0 Å². The van der Waals surface area contributed by atoms with Gasteiger partial charge in [-0.25, -0.2) is 0 Å². The van der Waals surface area contributed by atoms with Crippen molar-refractivity contribution >= 4 is 24.7 Å². The van der Waals surface area contributed by atoms with E-state index in [2.05, 4.69) is 22.2 Å². The quantitative estimate of drug-likeness (QED) is 0.243. The molecule has 6 heteroatoms. The van der Waals surface area contributed by atoms with Crippen LogP contribution >= 0.6 is 12.8 Å². The molecule has 4 N–H and O–H groups in total. The third-order valence-electron chi connectivity index (χ3n) is 0.790. The number of aliphatic imine (C=N–C) groups is 1. The van der Waals surface area contributed by atoms with E-state index in [4.69, 9.17) is 11.5 Å². The number of hydrogen-bond donors (Lipinski definition) is 3. The van der Waals surface area contributed by atoms with Gasteiger partial charge >= 0.3 is 0 Å². The lowest BCUT2D eigenvalue weighted by Gasteiger charge is -2.08. The summed E-state index contributed by atoms with van der Waals surface area (Å²) in [4.78, 5) is 5.28. The highest BCUT2D eigenvalue weighted by molar-refractivity contribution is 7.79. The van der Waals surface area contributed by atoms with E-state index < -0.39 is 0 Å². The summed E-state index contributed by atoms with van der Waals surface area (Å²) in [6.45, 7) is 0. The Bertz CT molecular complexity index is 161. The second kappa shape index (κ2) is 3.99. The van der Waals surface area contributed by atoms with Crippen LogP contribution in [0.5, 0.6) is 0 Å². The maximum absolute atomic E-state index is 5.37. The molecule has 0 aliphatic heterocycles. The zero-order chi connectivity index (χ0) is 8.15. The maximum Gasteiger partial charge on any atom is 0.229 e. The molecular formula is C4H11N5S. The second-order valence-electron chi connectivity index (χ2n) is 1.82.